The second kappa shape index (κ2) is 6.50. The van der Waals surface area contributed by atoms with E-state index in [1.165, 1.54) is 6.07 Å². The first-order chi connectivity index (χ1) is 11.4. The first-order valence-electron chi connectivity index (χ1n) is 7.84. The van der Waals surface area contributed by atoms with E-state index in [1.807, 2.05) is 13.8 Å². The molecule has 1 atom stereocenters. The summed E-state index contributed by atoms with van der Waals surface area (Å²) >= 11 is 0. The molecule has 24 heavy (non-hydrogen) atoms. The highest BCUT2D eigenvalue weighted by atomic mass is 32.2. The average Bonchev–Trinajstić information content (AvgIpc) is 3.11. The van der Waals surface area contributed by atoms with Crippen LogP contribution in [-0.4, -0.2) is 45.3 Å². The van der Waals surface area contributed by atoms with Crippen LogP contribution in [0.1, 0.15) is 19.4 Å². The van der Waals surface area contributed by atoms with Crippen molar-refractivity contribution in [1.29, 1.82) is 0 Å². The lowest BCUT2D eigenvalue weighted by molar-refractivity contribution is -0.123. The molecule has 2 aliphatic rings. The predicted octanol–water partition coefficient (Wildman–Crippen LogP) is -0.658. The SMILES string of the molecule is CC(C)[C@H](N=C1NS(=O)(=O)c2ccccc21)C(=O)NC1CNNC1. The van der Waals surface area contributed by atoms with Crippen LogP contribution in [0.5, 0.6) is 0 Å². The van der Waals surface area contributed by atoms with Crippen molar-refractivity contribution in [2.24, 2.45) is 10.9 Å². The Morgan fingerprint density at radius 2 is 1.92 bits per heavy atom. The molecule has 1 saturated heterocycles. The van der Waals surface area contributed by atoms with Crippen LogP contribution < -0.4 is 20.9 Å². The van der Waals surface area contributed by atoms with E-state index in [0.717, 1.165) is 0 Å². The number of carbonyl (C=O) groups excluding carboxylic acids is 1. The molecule has 0 bridgehead atoms. The molecule has 0 saturated carbocycles. The number of carbonyl (C=O) groups is 1. The normalized spacial score (nSPS) is 22.4. The van der Waals surface area contributed by atoms with E-state index in [1.54, 1.807) is 18.2 Å². The molecule has 1 amide bonds. The Labute approximate surface area is 141 Å². The molecule has 2 heterocycles. The standard InChI is InChI=1S/C15H21N5O3S/c1-9(2)13(15(21)18-10-7-16-17-8-10)19-14-11-5-3-4-6-12(11)24(22,23)20-14/h3-6,9-10,13,16-17H,7-8H2,1-2H3,(H,18,21)(H,19,20)/t13-/m0/s1. The molecule has 1 aromatic rings. The Kier molecular flexibility index (Phi) is 4.57. The maximum atomic E-state index is 12.6. The van der Waals surface area contributed by atoms with Crippen LogP contribution in [0.25, 0.3) is 0 Å². The third kappa shape index (κ3) is 3.28. The fourth-order valence-electron chi connectivity index (χ4n) is 2.73. The van der Waals surface area contributed by atoms with Gasteiger partial charge in [-0.3, -0.25) is 25.4 Å². The summed E-state index contributed by atoms with van der Waals surface area (Å²) in [4.78, 5) is 17.2. The number of hydrazine groups is 1. The highest BCUT2D eigenvalue weighted by molar-refractivity contribution is 7.90. The van der Waals surface area contributed by atoms with Crippen LogP contribution in [-0.2, 0) is 14.8 Å². The molecule has 1 aromatic carbocycles. The Hall–Kier alpha value is -1.97. The molecule has 0 radical (unpaired) electrons. The molecule has 9 heteroatoms. The van der Waals surface area contributed by atoms with E-state index in [2.05, 4.69) is 25.9 Å². The molecule has 1 fully saturated rings. The molecule has 3 rings (SSSR count). The monoisotopic (exact) mass is 351 g/mol. The van der Waals surface area contributed by atoms with E-state index in [9.17, 15) is 13.2 Å². The number of hydrogen-bond donors (Lipinski definition) is 4. The Balaban J connectivity index is 1.88. The Bertz CT molecular complexity index is 769. The minimum Gasteiger partial charge on any atom is -0.349 e. The summed E-state index contributed by atoms with van der Waals surface area (Å²) in [6.07, 6.45) is 0. The number of rotatable bonds is 4. The average molecular weight is 351 g/mol. The number of fused-ring (bicyclic) bond motifs is 1. The van der Waals surface area contributed by atoms with E-state index in [-0.39, 0.29) is 28.6 Å². The number of hydrogen-bond acceptors (Lipinski definition) is 6. The largest absolute Gasteiger partial charge is 0.349 e. The number of amides is 1. The number of aliphatic imine (C=N–C) groups is 1. The van der Waals surface area contributed by atoms with Crippen molar-refractivity contribution in [2.75, 3.05) is 13.1 Å². The molecule has 0 aromatic heterocycles. The van der Waals surface area contributed by atoms with Crippen molar-refractivity contribution in [2.45, 2.75) is 30.8 Å². The van der Waals surface area contributed by atoms with Crippen molar-refractivity contribution >= 4 is 21.8 Å². The van der Waals surface area contributed by atoms with Gasteiger partial charge < -0.3 is 5.32 Å². The summed E-state index contributed by atoms with van der Waals surface area (Å²) in [6.45, 7) is 5.05. The van der Waals surface area contributed by atoms with Gasteiger partial charge in [-0.05, 0) is 18.1 Å². The van der Waals surface area contributed by atoms with Gasteiger partial charge in [0.1, 0.15) is 11.9 Å². The zero-order valence-corrected chi connectivity index (χ0v) is 14.4. The first kappa shape index (κ1) is 16.9. The quantitative estimate of drug-likeness (QED) is 0.576. The van der Waals surface area contributed by atoms with Crippen LogP contribution in [0.3, 0.4) is 0 Å². The molecule has 4 N–H and O–H groups in total. The highest BCUT2D eigenvalue weighted by Gasteiger charge is 2.33. The van der Waals surface area contributed by atoms with Crippen LogP contribution in [0, 0.1) is 5.92 Å². The zero-order valence-electron chi connectivity index (χ0n) is 13.5. The third-order valence-electron chi connectivity index (χ3n) is 4.00. The van der Waals surface area contributed by atoms with E-state index in [4.69, 9.17) is 0 Å². The molecule has 8 nitrogen and oxygen atoms in total. The molecular weight excluding hydrogens is 330 g/mol. The van der Waals surface area contributed by atoms with Gasteiger partial charge in [0.2, 0.25) is 5.91 Å². The van der Waals surface area contributed by atoms with Crippen LogP contribution in [0.4, 0.5) is 0 Å². The highest BCUT2D eigenvalue weighted by Crippen LogP contribution is 2.23. The van der Waals surface area contributed by atoms with Gasteiger partial charge in [-0.15, -0.1) is 0 Å². The summed E-state index contributed by atoms with van der Waals surface area (Å²) in [6, 6.07) is 5.94. The second-order valence-corrected chi connectivity index (χ2v) is 7.89. The van der Waals surface area contributed by atoms with E-state index < -0.39 is 16.1 Å². The number of nitrogens with one attached hydrogen (secondary N) is 4. The van der Waals surface area contributed by atoms with Gasteiger partial charge >= 0.3 is 0 Å². The predicted molar refractivity (Wildman–Crippen MR) is 89.9 cm³/mol. The Morgan fingerprint density at radius 1 is 1.25 bits per heavy atom. The lowest BCUT2D eigenvalue weighted by atomic mass is 10.0. The summed E-state index contributed by atoms with van der Waals surface area (Å²) in [5, 5.41) is 2.93. The lowest BCUT2D eigenvalue weighted by Crippen LogP contribution is -2.45. The minimum absolute atomic E-state index is 0.00786. The van der Waals surface area contributed by atoms with E-state index in [0.29, 0.717) is 18.7 Å². The summed E-state index contributed by atoms with van der Waals surface area (Å²) in [5.74, 6) is -0.0595. The third-order valence-corrected chi connectivity index (χ3v) is 5.40. The van der Waals surface area contributed by atoms with Gasteiger partial charge in [0.15, 0.2) is 0 Å². The summed E-state index contributed by atoms with van der Waals surface area (Å²) in [7, 11) is -3.61. The molecule has 0 aliphatic carbocycles. The molecule has 130 valence electrons. The van der Waals surface area contributed by atoms with Gasteiger partial charge in [0, 0.05) is 18.7 Å². The molecule has 2 aliphatic heterocycles. The lowest BCUT2D eigenvalue weighted by Gasteiger charge is -2.19. The summed E-state index contributed by atoms with van der Waals surface area (Å²) < 4.78 is 26.8. The topological polar surface area (TPSA) is 112 Å². The molecular formula is C15H21N5O3S. The van der Waals surface area contributed by atoms with Crippen molar-refractivity contribution in [3.63, 3.8) is 0 Å². The minimum atomic E-state index is -3.61. The Morgan fingerprint density at radius 3 is 2.58 bits per heavy atom. The fraction of sp³-hybridized carbons (Fsp3) is 0.467. The van der Waals surface area contributed by atoms with Crippen molar-refractivity contribution in [3.8, 4) is 0 Å². The van der Waals surface area contributed by atoms with Crippen LogP contribution in [0.15, 0.2) is 34.2 Å². The fourth-order valence-corrected chi connectivity index (χ4v) is 3.97. The van der Waals surface area contributed by atoms with Gasteiger partial charge in [-0.1, -0.05) is 26.0 Å². The second-order valence-electron chi connectivity index (χ2n) is 6.24. The van der Waals surface area contributed by atoms with Crippen molar-refractivity contribution in [1.82, 2.24) is 20.9 Å². The first-order valence-corrected chi connectivity index (χ1v) is 9.33. The smallest absolute Gasteiger partial charge is 0.263 e. The van der Waals surface area contributed by atoms with Crippen LogP contribution >= 0.6 is 0 Å². The molecule has 0 spiro atoms. The van der Waals surface area contributed by atoms with Crippen molar-refractivity contribution < 1.29 is 13.2 Å². The maximum absolute atomic E-state index is 12.6. The number of nitrogens with zero attached hydrogens (tertiary/aromatic N) is 1. The van der Waals surface area contributed by atoms with Gasteiger partial charge in [0.25, 0.3) is 10.0 Å². The summed E-state index contributed by atoms with van der Waals surface area (Å²) in [5.41, 5.74) is 6.40. The van der Waals surface area contributed by atoms with Gasteiger partial charge in [0.05, 0.1) is 10.9 Å². The number of benzene rings is 1. The number of amidine groups is 1. The van der Waals surface area contributed by atoms with Crippen LogP contribution in [0.2, 0.25) is 0 Å². The zero-order chi connectivity index (χ0) is 17.3. The van der Waals surface area contributed by atoms with Gasteiger partial charge in [-0.25, -0.2) is 8.42 Å². The van der Waals surface area contributed by atoms with E-state index >= 15 is 0 Å². The number of sulfonamides is 1. The van der Waals surface area contributed by atoms with Crippen molar-refractivity contribution in [3.05, 3.63) is 29.8 Å². The maximum Gasteiger partial charge on any atom is 0.263 e. The molecule has 0 unspecified atom stereocenters. The van der Waals surface area contributed by atoms with Gasteiger partial charge in [-0.2, -0.15) is 0 Å².